The Kier molecular flexibility index (Phi) is 6.49. The Morgan fingerprint density at radius 1 is 1.11 bits per heavy atom. The smallest absolute Gasteiger partial charge is 0.335 e. The lowest BCUT2D eigenvalue weighted by atomic mass is 10.0. The average molecular weight is 366 g/mol. The summed E-state index contributed by atoms with van der Waals surface area (Å²) in [4.78, 5) is 14.7. The number of ether oxygens (including phenoxy) is 2. The van der Waals surface area contributed by atoms with Gasteiger partial charge in [-0.3, -0.25) is 4.90 Å². The van der Waals surface area contributed by atoms with E-state index in [-0.39, 0.29) is 5.97 Å². The molecule has 27 heavy (non-hydrogen) atoms. The Morgan fingerprint density at radius 2 is 1.85 bits per heavy atom. The highest BCUT2D eigenvalue weighted by atomic mass is 16.5. The molecule has 1 N–H and O–H groups in total. The fraction of sp³-hybridized carbons (Fsp3) is 0.318. The lowest BCUT2D eigenvalue weighted by Gasteiger charge is -2.30. The number of esters is 1. The van der Waals surface area contributed by atoms with Crippen LogP contribution in [0.4, 0.5) is 5.69 Å². The first-order valence-corrected chi connectivity index (χ1v) is 9.26. The maximum Gasteiger partial charge on any atom is 0.335 e. The molecule has 0 bridgehead atoms. The number of hydrogen-bond acceptors (Lipinski definition) is 5. The van der Waals surface area contributed by atoms with Gasteiger partial charge in [-0.1, -0.05) is 30.3 Å². The van der Waals surface area contributed by atoms with Crippen LogP contribution in [0.3, 0.4) is 0 Å². The zero-order chi connectivity index (χ0) is 19.1. The monoisotopic (exact) mass is 366 g/mol. The minimum Gasteiger partial charge on any atom is -0.497 e. The molecule has 5 nitrogen and oxygen atoms in total. The third kappa shape index (κ3) is 5.11. The van der Waals surface area contributed by atoms with Crippen molar-refractivity contribution in [3.05, 3.63) is 71.4 Å². The summed E-state index contributed by atoms with van der Waals surface area (Å²) in [5, 5.41) is 3.42. The van der Waals surface area contributed by atoms with Gasteiger partial charge in [0.15, 0.2) is 0 Å². The van der Waals surface area contributed by atoms with Crippen molar-refractivity contribution in [1.29, 1.82) is 0 Å². The Balaban J connectivity index is 1.78. The summed E-state index contributed by atoms with van der Waals surface area (Å²) in [6.07, 6.45) is 0.671. The van der Waals surface area contributed by atoms with E-state index in [0.29, 0.717) is 19.6 Å². The number of methoxy groups -OCH3 is 1. The van der Waals surface area contributed by atoms with Gasteiger partial charge in [0.2, 0.25) is 0 Å². The van der Waals surface area contributed by atoms with E-state index in [1.54, 1.807) is 7.11 Å². The molecule has 5 heteroatoms. The lowest BCUT2D eigenvalue weighted by Crippen LogP contribution is -2.35. The highest BCUT2D eigenvalue weighted by Gasteiger charge is 2.24. The quantitative estimate of drug-likeness (QED) is 0.755. The number of anilines is 1. The molecule has 2 aromatic rings. The summed E-state index contributed by atoms with van der Waals surface area (Å²) >= 11 is 0. The van der Waals surface area contributed by atoms with Gasteiger partial charge < -0.3 is 14.8 Å². The van der Waals surface area contributed by atoms with Crippen LogP contribution in [0.2, 0.25) is 0 Å². The molecule has 0 amide bonds. The van der Waals surface area contributed by atoms with Gasteiger partial charge in [0.1, 0.15) is 5.75 Å². The van der Waals surface area contributed by atoms with E-state index in [1.165, 1.54) is 5.56 Å². The van der Waals surface area contributed by atoms with Gasteiger partial charge >= 0.3 is 5.97 Å². The van der Waals surface area contributed by atoms with Gasteiger partial charge in [-0.05, 0) is 43.2 Å². The van der Waals surface area contributed by atoms with E-state index in [1.807, 2.05) is 37.3 Å². The van der Waals surface area contributed by atoms with Crippen LogP contribution in [0, 0.1) is 0 Å². The van der Waals surface area contributed by atoms with Crippen molar-refractivity contribution >= 4 is 11.7 Å². The van der Waals surface area contributed by atoms with Crippen LogP contribution in [0.15, 0.2) is 65.9 Å². The molecule has 0 spiro atoms. The number of hydrogen-bond donors (Lipinski definition) is 1. The van der Waals surface area contributed by atoms with Crippen LogP contribution in [0.5, 0.6) is 5.75 Å². The first-order chi connectivity index (χ1) is 13.2. The van der Waals surface area contributed by atoms with Crippen LogP contribution < -0.4 is 10.1 Å². The first kappa shape index (κ1) is 19.0. The number of carbonyl (C=O) groups excluding carboxylic acids is 1. The van der Waals surface area contributed by atoms with Gasteiger partial charge in [-0.15, -0.1) is 0 Å². The number of nitrogens with zero attached hydrogens (tertiary/aromatic N) is 1. The SMILES string of the molecule is CCOC(=O)C1=C(Nc2ccc(OC)cc2)CN(Cc2ccccc2)CC1. The van der Waals surface area contributed by atoms with Gasteiger partial charge in [-0.2, -0.15) is 0 Å². The predicted molar refractivity (Wildman–Crippen MR) is 107 cm³/mol. The van der Waals surface area contributed by atoms with E-state index in [9.17, 15) is 4.79 Å². The fourth-order valence-corrected chi connectivity index (χ4v) is 3.20. The largest absolute Gasteiger partial charge is 0.497 e. The van der Waals surface area contributed by atoms with Gasteiger partial charge in [0, 0.05) is 31.0 Å². The molecule has 1 aliphatic heterocycles. The van der Waals surface area contributed by atoms with Crippen molar-refractivity contribution in [2.24, 2.45) is 0 Å². The Morgan fingerprint density at radius 3 is 2.52 bits per heavy atom. The van der Waals surface area contributed by atoms with Crippen LogP contribution in [0.1, 0.15) is 18.9 Å². The molecule has 0 saturated heterocycles. The zero-order valence-corrected chi connectivity index (χ0v) is 15.9. The van der Waals surface area contributed by atoms with Crippen molar-refractivity contribution in [2.75, 3.05) is 32.1 Å². The summed E-state index contributed by atoms with van der Waals surface area (Å²) in [5.74, 6) is 0.572. The second kappa shape index (κ2) is 9.24. The number of rotatable bonds is 7. The van der Waals surface area contributed by atoms with Gasteiger partial charge in [0.25, 0.3) is 0 Å². The third-order valence-electron chi connectivity index (χ3n) is 4.58. The lowest BCUT2D eigenvalue weighted by molar-refractivity contribution is -0.138. The zero-order valence-electron chi connectivity index (χ0n) is 15.9. The topological polar surface area (TPSA) is 50.8 Å². The summed E-state index contributed by atoms with van der Waals surface area (Å²) < 4.78 is 10.5. The maximum atomic E-state index is 12.4. The van der Waals surface area contributed by atoms with Crippen LogP contribution >= 0.6 is 0 Å². The molecular formula is C22H26N2O3. The highest BCUT2D eigenvalue weighted by Crippen LogP contribution is 2.24. The molecule has 142 valence electrons. The van der Waals surface area contributed by atoms with Crippen molar-refractivity contribution in [3.63, 3.8) is 0 Å². The maximum absolute atomic E-state index is 12.4. The molecule has 0 atom stereocenters. The van der Waals surface area contributed by atoms with Crippen molar-refractivity contribution in [1.82, 2.24) is 4.90 Å². The summed E-state index contributed by atoms with van der Waals surface area (Å²) in [6, 6.07) is 18.1. The molecule has 0 unspecified atom stereocenters. The Labute approximate surface area is 160 Å². The van der Waals surface area contributed by atoms with E-state index >= 15 is 0 Å². The van der Waals surface area contributed by atoms with E-state index in [4.69, 9.17) is 9.47 Å². The molecule has 0 aromatic heterocycles. The summed E-state index contributed by atoms with van der Waals surface area (Å²) in [7, 11) is 1.65. The van der Waals surface area contributed by atoms with Crippen LogP contribution in [0.25, 0.3) is 0 Å². The highest BCUT2D eigenvalue weighted by molar-refractivity contribution is 5.90. The molecule has 1 aliphatic rings. The Bertz CT molecular complexity index is 785. The average Bonchev–Trinajstić information content (AvgIpc) is 2.70. The Hall–Kier alpha value is -2.79. The second-order valence-electron chi connectivity index (χ2n) is 6.48. The molecule has 0 saturated carbocycles. The number of carbonyl (C=O) groups is 1. The molecule has 1 heterocycles. The van der Waals surface area contributed by atoms with Crippen LogP contribution in [-0.2, 0) is 16.1 Å². The minimum atomic E-state index is -0.229. The minimum absolute atomic E-state index is 0.229. The van der Waals surface area contributed by atoms with Gasteiger partial charge in [-0.25, -0.2) is 4.79 Å². The summed E-state index contributed by atoms with van der Waals surface area (Å²) in [6.45, 7) is 4.57. The van der Waals surface area contributed by atoms with Crippen molar-refractivity contribution < 1.29 is 14.3 Å². The standard InChI is InChI=1S/C22H26N2O3/c1-3-27-22(25)20-13-14-24(15-17-7-5-4-6-8-17)16-21(20)23-18-9-11-19(26-2)12-10-18/h4-12,23H,3,13-16H2,1-2H3. The molecule has 2 aromatic carbocycles. The number of nitrogens with one attached hydrogen (secondary N) is 1. The van der Waals surface area contributed by atoms with Crippen molar-refractivity contribution in [3.8, 4) is 5.75 Å². The number of benzene rings is 2. The van der Waals surface area contributed by atoms with Crippen LogP contribution in [-0.4, -0.2) is 37.7 Å². The second-order valence-corrected chi connectivity index (χ2v) is 6.48. The molecule has 0 fully saturated rings. The van der Waals surface area contributed by atoms with Gasteiger partial charge in [0.05, 0.1) is 19.3 Å². The summed E-state index contributed by atoms with van der Waals surface area (Å²) in [5.41, 5.74) is 3.83. The normalized spacial score (nSPS) is 14.7. The van der Waals surface area contributed by atoms with E-state index < -0.39 is 0 Å². The molecule has 0 radical (unpaired) electrons. The molecular weight excluding hydrogens is 340 g/mol. The van der Waals surface area contributed by atoms with E-state index in [2.05, 4.69) is 34.5 Å². The predicted octanol–water partition coefficient (Wildman–Crippen LogP) is 3.83. The fourth-order valence-electron chi connectivity index (χ4n) is 3.20. The van der Waals surface area contributed by atoms with E-state index in [0.717, 1.165) is 35.8 Å². The first-order valence-electron chi connectivity index (χ1n) is 9.26. The van der Waals surface area contributed by atoms with Crippen molar-refractivity contribution in [2.45, 2.75) is 19.9 Å². The molecule has 3 rings (SSSR count). The molecule has 0 aliphatic carbocycles. The third-order valence-corrected chi connectivity index (χ3v) is 4.58.